The molecule has 1 saturated heterocycles. The quantitative estimate of drug-likeness (QED) is 0.651. The average Bonchev–Trinajstić information content (AvgIpc) is 3.03. The zero-order valence-electron chi connectivity index (χ0n) is 17.4. The third-order valence-corrected chi connectivity index (χ3v) is 6.18. The van der Waals surface area contributed by atoms with Crippen molar-refractivity contribution in [3.63, 3.8) is 0 Å². The summed E-state index contributed by atoms with van der Waals surface area (Å²) < 4.78 is 0. The van der Waals surface area contributed by atoms with Crippen LogP contribution in [-0.2, 0) is 4.79 Å². The van der Waals surface area contributed by atoms with Crippen LogP contribution in [-0.4, -0.2) is 59.9 Å². The number of nitrogens with zero attached hydrogens (tertiary/aromatic N) is 2. The topological polar surface area (TPSA) is 81.8 Å². The van der Waals surface area contributed by atoms with Gasteiger partial charge in [0.2, 0.25) is 5.91 Å². The van der Waals surface area contributed by atoms with E-state index in [1.807, 2.05) is 0 Å². The van der Waals surface area contributed by atoms with Crippen molar-refractivity contribution in [2.75, 3.05) is 31.5 Å². The van der Waals surface area contributed by atoms with Gasteiger partial charge in [-0.05, 0) is 49.7 Å². The van der Waals surface area contributed by atoms with E-state index in [0.717, 1.165) is 0 Å². The molecule has 2 aromatic rings. The van der Waals surface area contributed by atoms with Crippen molar-refractivity contribution in [1.82, 2.24) is 15.1 Å². The Kier molecular flexibility index (Phi) is 8.23. The second-order valence-electron chi connectivity index (χ2n) is 7.40. The summed E-state index contributed by atoms with van der Waals surface area (Å²) in [5, 5.41) is 6.51. The highest BCUT2D eigenvalue weighted by molar-refractivity contribution is 6.43. The molecule has 10 heteroatoms. The zero-order valence-corrected chi connectivity index (χ0v) is 19.7. The molecular weight excluding hydrogens is 475 g/mol. The molecule has 0 aromatic heterocycles. The van der Waals surface area contributed by atoms with Crippen LogP contribution in [0.4, 0.5) is 10.5 Å². The molecule has 1 heterocycles. The van der Waals surface area contributed by atoms with Crippen LogP contribution in [0.2, 0.25) is 15.1 Å². The Morgan fingerprint density at radius 2 is 1.56 bits per heavy atom. The van der Waals surface area contributed by atoms with Gasteiger partial charge >= 0.3 is 6.03 Å². The van der Waals surface area contributed by atoms with Crippen LogP contribution in [0.5, 0.6) is 0 Å². The number of rotatable bonds is 4. The molecule has 1 aliphatic heterocycles. The van der Waals surface area contributed by atoms with E-state index in [9.17, 15) is 14.4 Å². The molecule has 0 bridgehead atoms. The van der Waals surface area contributed by atoms with E-state index in [2.05, 4.69) is 10.6 Å². The summed E-state index contributed by atoms with van der Waals surface area (Å²) in [6.07, 6.45) is 0.626. The number of nitrogens with one attached hydrogen (secondary N) is 2. The lowest BCUT2D eigenvalue weighted by Gasteiger charge is -2.25. The highest BCUT2D eigenvalue weighted by Gasteiger charge is 2.27. The maximum absolute atomic E-state index is 12.9. The third kappa shape index (κ3) is 6.06. The number of anilines is 1. The normalized spacial score (nSPS) is 15.0. The van der Waals surface area contributed by atoms with Crippen molar-refractivity contribution in [2.24, 2.45) is 0 Å². The summed E-state index contributed by atoms with van der Waals surface area (Å²) in [5.41, 5.74) is 0.854. The Hall–Kier alpha value is -2.48. The van der Waals surface area contributed by atoms with E-state index in [4.69, 9.17) is 34.8 Å². The lowest BCUT2D eigenvalue weighted by atomic mass is 10.2. The summed E-state index contributed by atoms with van der Waals surface area (Å²) in [4.78, 5) is 41.3. The number of hydrogen-bond acceptors (Lipinski definition) is 3. The molecule has 0 saturated carbocycles. The molecule has 2 N–H and O–H groups in total. The van der Waals surface area contributed by atoms with Gasteiger partial charge in [-0.25, -0.2) is 4.79 Å². The van der Waals surface area contributed by atoms with Gasteiger partial charge in [0.1, 0.15) is 6.04 Å². The second-order valence-corrected chi connectivity index (χ2v) is 8.62. The van der Waals surface area contributed by atoms with Crippen molar-refractivity contribution >= 4 is 58.3 Å². The van der Waals surface area contributed by atoms with Gasteiger partial charge in [-0.3, -0.25) is 9.59 Å². The molecule has 2 aromatic carbocycles. The Labute approximate surface area is 201 Å². The van der Waals surface area contributed by atoms with Crippen LogP contribution in [0, 0.1) is 0 Å². The minimum atomic E-state index is -0.757. The zero-order chi connectivity index (χ0) is 23.3. The maximum Gasteiger partial charge on any atom is 0.321 e. The molecule has 1 atom stereocenters. The van der Waals surface area contributed by atoms with E-state index in [0.29, 0.717) is 43.3 Å². The van der Waals surface area contributed by atoms with Crippen LogP contribution in [0.25, 0.3) is 0 Å². The minimum Gasteiger partial charge on any atom is -0.340 e. The number of halogens is 3. The lowest BCUT2D eigenvalue weighted by molar-refractivity contribution is -0.132. The van der Waals surface area contributed by atoms with Gasteiger partial charge in [0, 0.05) is 36.9 Å². The van der Waals surface area contributed by atoms with Crippen molar-refractivity contribution < 1.29 is 14.4 Å². The molecule has 1 unspecified atom stereocenters. The van der Waals surface area contributed by atoms with Crippen LogP contribution >= 0.6 is 34.8 Å². The molecule has 0 radical (unpaired) electrons. The van der Waals surface area contributed by atoms with E-state index in [1.54, 1.807) is 59.2 Å². The van der Waals surface area contributed by atoms with Crippen LogP contribution in [0.3, 0.4) is 0 Å². The van der Waals surface area contributed by atoms with E-state index >= 15 is 0 Å². The van der Waals surface area contributed by atoms with Crippen LogP contribution < -0.4 is 10.6 Å². The van der Waals surface area contributed by atoms with Crippen molar-refractivity contribution in [1.29, 1.82) is 0 Å². The first-order valence-electron chi connectivity index (χ1n) is 10.1. The monoisotopic (exact) mass is 496 g/mol. The van der Waals surface area contributed by atoms with Gasteiger partial charge in [0.15, 0.2) is 0 Å². The van der Waals surface area contributed by atoms with Gasteiger partial charge in [-0.1, -0.05) is 40.9 Å². The summed E-state index contributed by atoms with van der Waals surface area (Å²) in [7, 11) is 0. The molecule has 0 spiro atoms. The molecule has 0 aliphatic carbocycles. The number of carbonyl (C=O) groups is 3. The molecule has 7 nitrogen and oxygen atoms in total. The molecular formula is C22H23Cl3N4O3. The second kappa shape index (κ2) is 10.9. The molecule has 1 fully saturated rings. The van der Waals surface area contributed by atoms with E-state index in [-0.39, 0.29) is 27.5 Å². The number of benzene rings is 2. The smallest absolute Gasteiger partial charge is 0.321 e. The predicted octanol–water partition coefficient (Wildman–Crippen LogP) is 4.53. The van der Waals surface area contributed by atoms with Crippen LogP contribution in [0.15, 0.2) is 42.5 Å². The molecule has 3 rings (SSSR count). The van der Waals surface area contributed by atoms with Gasteiger partial charge in [-0.2, -0.15) is 0 Å². The first kappa shape index (κ1) is 24.2. The summed E-state index contributed by atoms with van der Waals surface area (Å²) in [5.74, 6) is -0.700. The Morgan fingerprint density at radius 3 is 2.28 bits per heavy atom. The summed E-state index contributed by atoms with van der Waals surface area (Å²) >= 11 is 17.9. The molecule has 1 aliphatic rings. The summed E-state index contributed by atoms with van der Waals surface area (Å²) in [6, 6.07) is 10.6. The highest BCUT2D eigenvalue weighted by atomic mass is 35.5. The SMILES string of the molecule is CC(NC(=O)c1cccc(Cl)c1Cl)C(=O)N1CCCN(C(=O)Nc2ccc(Cl)cc2)CC1. The minimum absolute atomic E-state index is 0.142. The summed E-state index contributed by atoms with van der Waals surface area (Å²) in [6.45, 7) is 3.37. The fourth-order valence-corrected chi connectivity index (χ4v) is 3.88. The number of amides is 4. The third-order valence-electron chi connectivity index (χ3n) is 5.10. The maximum atomic E-state index is 12.9. The first-order chi connectivity index (χ1) is 15.3. The van der Waals surface area contributed by atoms with Gasteiger partial charge in [0.05, 0.1) is 15.6 Å². The molecule has 170 valence electrons. The predicted molar refractivity (Wildman–Crippen MR) is 127 cm³/mol. The average molecular weight is 498 g/mol. The van der Waals surface area contributed by atoms with Crippen LogP contribution in [0.1, 0.15) is 23.7 Å². The number of hydrogen-bond donors (Lipinski definition) is 2. The van der Waals surface area contributed by atoms with Gasteiger partial charge < -0.3 is 20.4 Å². The van der Waals surface area contributed by atoms with Crippen molar-refractivity contribution in [2.45, 2.75) is 19.4 Å². The molecule has 32 heavy (non-hydrogen) atoms. The fourth-order valence-electron chi connectivity index (χ4n) is 3.37. The lowest BCUT2D eigenvalue weighted by Crippen LogP contribution is -2.48. The number of carbonyl (C=O) groups excluding carboxylic acids is 3. The Balaban J connectivity index is 1.55. The standard InChI is InChI=1S/C22H23Cl3N4O3/c1-14(26-20(30)17-4-2-5-18(24)19(17)25)21(31)28-10-3-11-29(13-12-28)22(32)27-16-8-6-15(23)7-9-16/h2,4-9,14H,3,10-13H2,1H3,(H,26,30)(H,27,32). The number of urea groups is 1. The van der Waals surface area contributed by atoms with Crippen molar-refractivity contribution in [3.05, 3.63) is 63.1 Å². The highest BCUT2D eigenvalue weighted by Crippen LogP contribution is 2.25. The largest absolute Gasteiger partial charge is 0.340 e. The first-order valence-corrected chi connectivity index (χ1v) is 11.2. The van der Waals surface area contributed by atoms with Gasteiger partial charge in [0.25, 0.3) is 5.91 Å². The Morgan fingerprint density at radius 1 is 0.906 bits per heavy atom. The fraction of sp³-hybridized carbons (Fsp3) is 0.318. The van der Waals surface area contributed by atoms with Gasteiger partial charge in [-0.15, -0.1) is 0 Å². The molecule has 4 amide bonds. The Bertz CT molecular complexity index is 1000. The van der Waals surface area contributed by atoms with E-state index < -0.39 is 11.9 Å². The van der Waals surface area contributed by atoms with E-state index in [1.165, 1.54) is 0 Å². The van der Waals surface area contributed by atoms with Crippen molar-refractivity contribution in [3.8, 4) is 0 Å².